The normalized spacial score (nSPS) is 10.2. The van der Waals surface area contributed by atoms with Crippen LogP contribution >= 0.6 is 27.5 Å². The molecule has 0 unspecified atom stereocenters. The van der Waals surface area contributed by atoms with Crippen LogP contribution in [-0.2, 0) is 0 Å². The number of nitrogens with zero attached hydrogens (tertiary/aromatic N) is 2. The molecule has 108 valence electrons. The van der Waals surface area contributed by atoms with Gasteiger partial charge in [0.15, 0.2) is 0 Å². The molecule has 1 amide bonds. The Balaban J connectivity index is 2.36. The van der Waals surface area contributed by atoms with Gasteiger partial charge >= 0.3 is 0 Å². The molecular formula is C12H6BrClFN3O3. The number of nitro groups is 1. The number of carbonyl (C=O) groups excluding carboxylic acids is 1. The van der Waals surface area contributed by atoms with Gasteiger partial charge in [-0.1, -0.05) is 27.5 Å². The van der Waals surface area contributed by atoms with Gasteiger partial charge in [-0.2, -0.15) is 0 Å². The van der Waals surface area contributed by atoms with Crippen molar-refractivity contribution < 1.29 is 14.1 Å². The second-order valence-electron chi connectivity index (χ2n) is 3.86. The number of carbonyl (C=O) groups is 1. The molecule has 6 nitrogen and oxygen atoms in total. The highest BCUT2D eigenvalue weighted by atomic mass is 79.9. The zero-order chi connectivity index (χ0) is 15.6. The Morgan fingerprint density at radius 3 is 2.81 bits per heavy atom. The summed E-state index contributed by atoms with van der Waals surface area (Å²) in [6.07, 6.45) is 0.862. The number of nitro benzene ring substituents is 1. The van der Waals surface area contributed by atoms with E-state index < -0.39 is 16.6 Å². The Kier molecular flexibility index (Phi) is 4.49. The molecule has 0 atom stereocenters. The molecule has 0 aliphatic carbocycles. The van der Waals surface area contributed by atoms with Gasteiger partial charge in [-0.3, -0.25) is 14.9 Å². The molecule has 0 bridgehead atoms. The van der Waals surface area contributed by atoms with Gasteiger partial charge in [-0.05, 0) is 18.2 Å². The lowest BCUT2D eigenvalue weighted by Gasteiger charge is -2.07. The lowest BCUT2D eigenvalue weighted by atomic mass is 10.2. The summed E-state index contributed by atoms with van der Waals surface area (Å²) in [5.74, 6) is -1.53. The third-order valence-electron chi connectivity index (χ3n) is 2.46. The number of hydrogen-bond acceptors (Lipinski definition) is 4. The second kappa shape index (κ2) is 6.15. The van der Waals surface area contributed by atoms with E-state index in [1.807, 2.05) is 0 Å². The van der Waals surface area contributed by atoms with Crippen LogP contribution in [0.5, 0.6) is 0 Å². The summed E-state index contributed by atoms with van der Waals surface area (Å²) in [5, 5.41) is 13.1. The molecule has 2 rings (SSSR count). The molecule has 1 heterocycles. The minimum absolute atomic E-state index is 0.0338. The van der Waals surface area contributed by atoms with Gasteiger partial charge in [-0.15, -0.1) is 0 Å². The molecule has 1 aromatic carbocycles. The predicted molar refractivity (Wildman–Crippen MR) is 78.0 cm³/mol. The summed E-state index contributed by atoms with van der Waals surface area (Å²) in [7, 11) is 0. The fourth-order valence-corrected chi connectivity index (χ4v) is 2.07. The van der Waals surface area contributed by atoms with E-state index in [1.165, 1.54) is 18.2 Å². The van der Waals surface area contributed by atoms with Crippen LogP contribution in [0.2, 0.25) is 5.15 Å². The van der Waals surface area contributed by atoms with Crippen molar-refractivity contribution in [3.63, 3.8) is 0 Å². The van der Waals surface area contributed by atoms with E-state index in [2.05, 4.69) is 26.2 Å². The lowest BCUT2D eigenvalue weighted by molar-refractivity contribution is -0.384. The number of hydrogen-bond donors (Lipinski definition) is 1. The molecule has 0 aliphatic heterocycles. The van der Waals surface area contributed by atoms with Crippen molar-refractivity contribution in [1.82, 2.24) is 4.98 Å². The van der Waals surface area contributed by atoms with E-state index in [0.717, 1.165) is 12.3 Å². The fourth-order valence-electron chi connectivity index (χ4n) is 1.53. The Hall–Kier alpha value is -2.06. The van der Waals surface area contributed by atoms with Crippen LogP contribution in [0.3, 0.4) is 0 Å². The molecule has 0 spiro atoms. The van der Waals surface area contributed by atoms with Crippen LogP contribution in [-0.4, -0.2) is 15.8 Å². The number of benzene rings is 1. The summed E-state index contributed by atoms with van der Waals surface area (Å²) in [6, 6.07) is 5.01. The Labute approximate surface area is 131 Å². The topological polar surface area (TPSA) is 85.1 Å². The molecule has 21 heavy (non-hydrogen) atoms. The van der Waals surface area contributed by atoms with E-state index in [0.29, 0.717) is 4.47 Å². The van der Waals surface area contributed by atoms with E-state index in [9.17, 15) is 19.3 Å². The molecule has 1 aromatic heterocycles. The zero-order valence-corrected chi connectivity index (χ0v) is 12.5. The average Bonchev–Trinajstić information content (AvgIpc) is 2.43. The summed E-state index contributed by atoms with van der Waals surface area (Å²) < 4.78 is 13.6. The number of rotatable bonds is 3. The highest BCUT2D eigenvalue weighted by Gasteiger charge is 2.19. The summed E-state index contributed by atoms with van der Waals surface area (Å²) in [4.78, 5) is 25.8. The smallest absolute Gasteiger partial charge is 0.293 e. The SMILES string of the molecule is O=C(Nc1ccc(Br)cc1[N+](=O)[O-])c1cc(F)cnc1Cl. The van der Waals surface area contributed by atoms with Gasteiger partial charge in [0.2, 0.25) is 0 Å². The zero-order valence-electron chi connectivity index (χ0n) is 10.1. The molecular weight excluding hydrogens is 369 g/mol. The van der Waals surface area contributed by atoms with Gasteiger partial charge in [0, 0.05) is 10.5 Å². The van der Waals surface area contributed by atoms with Crippen LogP contribution in [0.4, 0.5) is 15.8 Å². The van der Waals surface area contributed by atoms with Crippen molar-refractivity contribution in [3.05, 3.63) is 61.6 Å². The first-order valence-corrected chi connectivity index (χ1v) is 6.62. The van der Waals surface area contributed by atoms with Crippen molar-refractivity contribution in [1.29, 1.82) is 0 Å². The molecule has 0 saturated carbocycles. The number of aromatic nitrogens is 1. The first-order valence-electron chi connectivity index (χ1n) is 5.45. The number of pyridine rings is 1. The summed E-state index contributed by atoms with van der Waals surface area (Å²) in [5.41, 5.74) is -0.555. The van der Waals surface area contributed by atoms with Gasteiger partial charge in [-0.25, -0.2) is 9.37 Å². The largest absolute Gasteiger partial charge is 0.316 e. The van der Waals surface area contributed by atoms with E-state index in [-0.39, 0.29) is 22.1 Å². The summed E-state index contributed by atoms with van der Waals surface area (Å²) in [6.45, 7) is 0. The van der Waals surface area contributed by atoms with Crippen molar-refractivity contribution in [2.75, 3.05) is 5.32 Å². The van der Waals surface area contributed by atoms with Crippen LogP contribution in [0, 0.1) is 15.9 Å². The minimum Gasteiger partial charge on any atom is -0.316 e. The van der Waals surface area contributed by atoms with Gasteiger partial charge in [0.25, 0.3) is 11.6 Å². The van der Waals surface area contributed by atoms with Gasteiger partial charge in [0.05, 0.1) is 16.7 Å². The average molecular weight is 375 g/mol. The third-order valence-corrected chi connectivity index (χ3v) is 3.25. The Morgan fingerprint density at radius 2 is 2.14 bits per heavy atom. The predicted octanol–water partition coefficient (Wildman–Crippen LogP) is 3.80. The van der Waals surface area contributed by atoms with Gasteiger partial charge in [0.1, 0.15) is 16.7 Å². The van der Waals surface area contributed by atoms with E-state index in [1.54, 1.807) is 0 Å². The van der Waals surface area contributed by atoms with Crippen LogP contribution in [0.1, 0.15) is 10.4 Å². The quantitative estimate of drug-likeness (QED) is 0.503. The number of amides is 1. The highest BCUT2D eigenvalue weighted by Crippen LogP contribution is 2.28. The molecule has 0 radical (unpaired) electrons. The number of nitrogens with one attached hydrogen (secondary N) is 1. The molecule has 0 saturated heterocycles. The first kappa shape index (κ1) is 15.3. The van der Waals surface area contributed by atoms with Gasteiger partial charge < -0.3 is 5.32 Å². The third kappa shape index (κ3) is 3.53. The van der Waals surface area contributed by atoms with Crippen molar-refractivity contribution in [2.24, 2.45) is 0 Å². The second-order valence-corrected chi connectivity index (χ2v) is 5.14. The molecule has 1 N–H and O–H groups in total. The maximum absolute atomic E-state index is 13.1. The minimum atomic E-state index is -0.794. The number of halogens is 3. The standard InChI is InChI=1S/C12H6BrClFN3O3/c13-6-1-2-9(10(3-6)18(20)21)17-12(19)8-4-7(15)5-16-11(8)14/h1-5H,(H,17,19). The fraction of sp³-hybridized carbons (Fsp3) is 0. The van der Waals surface area contributed by atoms with E-state index in [4.69, 9.17) is 11.6 Å². The maximum atomic E-state index is 13.1. The van der Waals surface area contributed by atoms with Crippen LogP contribution in [0.25, 0.3) is 0 Å². The Bertz CT molecular complexity index is 742. The monoisotopic (exact) mass is 373 g/mol. The maximum Gasteiger partial charge on any atom is 0.293 e. The van der Waals surface area contributed by atoms with Crippen LogP contribution in [0.15, 0.2) is 34.9 Å². The highest BCUT2D eigenvalue weighted by molar-refractivity contribution is 9.10. The van der Waals surface area contributed by atoms with E-state index >= 15 is 0 Å². The first-order chi connectivity index (χ1) is 9.88. The Morgan fingerprint density at radius 1 is 1.43 bits per heavy atom. The van der Waals surface area contributed by atoms with Crippen molar-refractivity contribution >= 4 is 44.8 Å². The summed E-state index contributed by atoms with van der Waals surface area (Å²) >= 11 is 8.80. The molecule has 2 aromatic rings. The van der Waals surface area contributed by atoms with Crippen molar-refractivity contribution in [3.8, 4) is 0 Å². The molecule has 9 heteroatoms. The molecule has 0 aliphatic rings. The molecule has 0 fully saturated rings. The number of anilines is 1. The van der Waals surface area contributed by atoms with Crippen molar-refractivity contribution in [2.45, 2.75) is 0 Å². The van der Waals surface area contributed by atoms with Crippen LogP contribution < -0.4 is 5.32 Å². The lowest BCUT2D eigenvalue weighted by Crippen LogP contribution is -2.14.